The molecular weight excluding hydrogens is 725 g/mol. The highest BCUT2D eigenvalue weighted by Crippen LogP contribution is 2.43. The first-order chi connectivity index (χ1) is 27.0. The lowest BCUT2D eigenvalue weighted by Crippen LogP contribution is -2.37. The van der Waals surface area contributed by atoms with E-state index in [1.807, 2.05) is 149 Å². The minimum Gasteiger partial charge on any atom is -0.462 e. The minimum atomic E-state index is -4.41. The SMILES string of the molecule is CC/C=C/C=C/C=C/C=C/C=C/C=C/C=C/CCCCCC(=O)OCC(COP(=O)(O)OCC[N+](C)(C)C)OC(=O)CCC/C=C/C=C/C=C/C=C/C=C/CC. The van der Waals surface area contributed by atoms with Gasteiger partial charge in [0.1, 0.15) is 19.8 Å². The number of hydrogen-bond acceptors (Lipinski definition) is 7. The molecule has 0 rings (SSSR count). The predicted octanol–water partition coefficient (Wildman–Crippen LogP) is 10.9. The normalized spacial score (nSPS) is 15.2. The number of ether oxygens (including phenoxy) is 2. The van der Waals surface area contributed by atoms with Gasteiger partial charge in [0.15, 0.2) is 6.10 Å². The fourth-order valence-corrected chi connectivity index (χ4v) is 4.88. The summed E-state index contributed by atoms with van der Waals surface area (Å²) in [5.74, 6) is -0.961. The Kier molecular flexibility index (Phi) is 33.8. The highest BCUT2D eigenvalue weighted by Gasteiger charge is 2.27. The largest absolute Gasteiger partial charge is 0.472 e. The highest BCUT2D eigenvalue weighted by atomic mass is 31.2. The van der Waals surface area contributed by atoms with Gasteiger partial charge in [-0.1, -0.05) is 166 Å². The summed E-state index contributed by atoms with van der Waals surface area (Å²) in [5, 5.41) is 0. The van der Waals surface area contributed by atoms with E-state index in [1.54, 1.807) is 0 Å². The van der Waals surface area contributed by atoms with Gasteiger partial charge in [0.05, 0.1) is 27.7 Å². The summed E-state index contributed by atoms with van der Waals surface area (Å²) in [7, 11) is 1.37. The van der Waals surface area contributed by atoms with Crippen LogP contribution in [0.25, 0.3) is 0 Å². The molecule has 0 aliphatic rings. The van der Waals surface area contributed by atoms with Crippen molar-refractivity contribution in [2.45, 2.75) is 84.2 Å². The number of rotatable bonds is 32. The molecule has 0 radical (unpaired) electrons. The second kappa shape index (κ2) is 36.5. The molecule has 0 aliphatic heterocycles. The lowest BCUT2D eigenvalue weighted by Gasteiger charge is -2.24. The molecule has 0 fully saturated rings. The van der Waals surface area contributed by atoms with Gasteiger partial charge in [0, 0.05) is 12.8 Å². The molecule has 0 aromatic heterocycles. The minimum absolute atomic E-state index is 0.000216. The molecule has 0 aromatic carbocycles. The topological polar surface area (TPSA) is 108 Å². The average Bonchev–Trinajstić information content (AvgIpc) is 3.15. The second-order valence-corrected chi connectivity index (χ2v) is 15.0. The maximum absolute atomic E-state index is 12.6. The molecule has 0 aromatic rings. The number of allylic oxidation sites excluding steroid dienone is 24. The van der Waals surface area contributed by atoms with Crippen LogP contribution in [0.15, 0.2) is 146 Å². The molecule has 0 saturated carbocycles. The van der Waals surface area contributed by atoms with Crippen molar-refractivity contribution in [3.63, 3.8) is 0 Å². The molecule has 2 unspecified atom stereocenters. The molecule has 9 nitrogen and oxygen atoms in total. The Morgan fingerprint density at radius 3 is 1.45 bits per heavy atom. The monoisotopic (exact) mass is 794 g/mol. The van der Waals surface area contributed by atoms with Crippen LogP contribution >= 0.6 is 7.82 Å². The maximum Gasteiger partial charge on any atom is 0.472 e. The number of likely N-dealkylation sites (N-methyl/N-ethyl adjacent to an activating group) is 1. The highest BCUT2D eigenvalue weighted by molar-refractivity contribution is 7.47. The zero-order valence-electron chi connectivity index (χ0n) is 34.5. The van der Waals surface area contributed by atoms with E-state index in [4.69, 9.17) is 18.5 Å². The quantitative estimate of drug-likeness (QED) is 0.0236. The van der Waals surface area contributed by atoms with Crippen molar-refractivity contribution in [3.05, 3.63) is 146 Å². The molecule has 10 heteroatoms. The number of unbranched alkanes of at least 4 members (excludes halogenated alkanes) is 4. The maximum atomic E-state index is 12.6. The average molecular weight is 795 g/mol. The second-order valence-electron chi connectivity index (χ2n) is 13.5. The van der Waals surface area contributed by atoms with E-state index in [-0.39, 0.29) is 26.1 Å². The summed E-state index contributed by atoms with van der Waals surface area (Å²) < 4.78 is 34.0. The van der Waals surface area contributed by atoms with Crippen LogP contribution in [0.1, 0.15) is 78.1 Å². The smallest absolute Gasteiger partial charge is 0.462 e. The van der Waals surface area contributed by atoms with Crippen molar-refractivity contribution in [1.29, 1.82) is 0 Å². The molecule has 56 heavy (non-hydrogen) atoms. The predicted molar refractivity (Wildman–Crippen MR) is 233 cm³/mol. The van der Waals surface area contributed by atoms with Gasteiger partial charge < -0.3 is 18.9 Å². The lowest BCUT2D eigenvalue weighted by molar-refractivity contribution is -0.870. The van der Waals surface area contributed by atoms with E-state index in [0.717, 1.165) is 32.1 Å². The van der Waals surface area contributed by atoms with Gasteiger partial charge in [-0.3, -0.25) is 18.6 Å². The van der Waals surface area contributed by atoms with Crippen LogP contribution in [0.2, 0.25) is 0 Å². The first-order valence-electron chi connectivity index (χ1n) is 19.7. The number of phosphoric acid groups is 1. The molecule has 310 valence electrons. The number of carbonyl (C=O) groups excluding carboxylic acids is 2. The van der Waals surface area contributed by atoms with Gasteiger partial charge in [0.25, 0.3) is 0 Å². The van der Waals surface area contributed by atoms with E-state index in [1.165, 1.54) is 0 Å². The fraction of sp³-hybridized carbons (Fsp3) is 0.435. The number of hydrogen-bond donors (Lipinski definition) is 1. The van der Waals surface area contributed by atoms with Crippen LogP contribution in [-0.4, -0.2) is 74.9 Å². The number of quaternary nitrogens is 1. The Hall–Kier alpha value is -4.11. The van der Waals surface area contributed by atoms with Gasteiger partial charge in [-0.25, -0.2) is 4.57 Å². The number of esters is 2. The Bertz CT molecular complexity index is 1450. The first kappa shape index (κ1) is 51.9. The van der Waals surface area contributed by atoms with Gasteiger partial charge >= 0.3 is 19.8 Å². The van der Waals surface area contributed by atoms with E-state index >= 15 is 0 Å². The summed E-state index contributed by atoms with van der Waals surface area (Å²) in [6, 6.07) is 0. The Morgan fingerprint density at radius 1 is 0.554 bits per heavy atom. The molecule has 0 bridgehead atoms. The van der Waals surface area contributed by atoms with E-state index < -0.39 is 32.5 Å². The van der Waals surface area contributed by atoms with Crippen LogP contribution in [-0.2, 0) is 32.7 Å². The third-order valence-electron chi connectivity index (χ3n) is 7.19. The third kappa shape index (κ3) is 39.6. The van der Waals surface area contributed by atoms with Gasteiger partial charge in [-0.2, -0.15) is 0 Å². The summed E-state index contributed by atoms with van der Waals surface area (Å²) in [4.78, 5) is 35.2. The standard InChI is InChI=1S/C46H68NO8P/c1-6-8-10-12-14-16-18-20-21-22-23-24-25-27-28-30-32-34-36-38-45(48)52-42-44(43-54-56(50,51)53-41-40-47(3,4)5)55-46(49)39-37-35-33-31-29-26-19-17-15-13-11-9-7-2/h8-29,31,33,44H,6-7,30,32,34-43H2,1-5H3/p+1/b10-8+,11-9+,14-12+,15-13+,18-16+,19-17+,21-20+,23-22+,25-24+,28-27+,29-26+,33-31+. The number of carbonyl (C=O) groups is 2. The molecule has 1 N–H and O–H groups in total. The number of nitrogens with zero attached hydrogens (tertiary/aromatic N) is 1. The van der Waals surface area contributed by atoms with Gasteiger partial charge in [0.2, 0.25) is 0 Å². The third-order valence-corrected chi connectivity index (χ3v) is 8.17. The van der Waals surface area contributed by atoms with E-state index in [9.17, 15) is 19.0 Å². The van der Waals surface area contributed by atoms with Crippen LogP contribution in [0.5, 0.6) is 0 Å². The molecule has 0 spiro atoms. The van der Waals surface area contributed by atoms with Crippen LogP contribution in [0, 0.1) is 0 Å². The Labute approximate surface area is 338 Å². The Balaban J connectivity index is 4.67. The molecule has 0 saturated heterocycles. The summed E-state index contributed by atoms with van der Waals surface area (Å²) in [5.41, 5.74) is 0. The van der Waals surface area contributed by atoms with Crippen molar-refractivity contribution >= 4 is 19.8 Å². The van der Waals surface area contributed by atoms with Crippen LogP contribution in [0.4, 0.5) is 0 Å². The first-order valence-corrected chi connectivity index (χ1v) is 21.2. The lowest BCUT2D eigenvalue weighted by atomic mass is 10.1. The van der Waals surface area contributed by atoms with Crippen LogP contribution in [0.3, 0.4) is 0 Å². The fourth-order valence-electron chi connectivity index (χ4n) is 4.14. The molecule has 2 atom stereocenters. The summed E-state index contributed by atoms with van der Waals surface area (Å²) in [6.45, 7) is 3.92. The molecule has 0 aliphatic carbocycles. The van der Waals surface area contributed by atoms with Gasteiger partial charge in [-0.15, -0.1) is 0 Å². The van der Waals surface area contributed by atoms with Crippen molar-refractivity contribution in [3.8, 4) is 0 Å². The van der Waals surface area contributed by atoms with Crippen molar-refractivity contribution in [2.75, 3.05) is 47.5 Å². The molecule has 0 heterocycles. The van der Waals surface area contributed by atoms with E-state index in [0.29, 0.717) is 30.3 Å². The van der Waals surface area contributed by atoms with Gasteiger partial charge in [-0.05, 0) is 44.9 Å². The molecule has 0 amide bonds. The summed E-state index contributed by atoms with van der Waals surface area (Å²) >= 11 is 0. The number of phosphoric ester groups is 1. The Morgan fingerprint density at radius 2 is 0.982 bits per heavy atom. The van der Waals surface area contributed by atoms with Crippen molar-refractivity contribution in [2.24, 2.45) is 0 Å². The van der Waals surface area contributed by atoms with E-state index in [2.05, 4.69) is 32.1 Å². The summed E-state index contributed by atoms with van der Waals surface area (Å²) in [6.07, 6.45) is 53.4. The van der Waals surface area contributed by atoms with Crippen molar-refractivity contribution in [1.82, 2.24) is 0 Å². The zero-order valence-corrected chi connectivity index (χ0v) is 35.4. The zero-order chi connectivity index (χ0) is 41.4. The van der Waals surface area contributed by atoms with Crippen molar-refractivity contribution < 1.29 is 42.1 Å². The molecular formula is C46H69NO8P+. The van der Waals surface area contributed by atoms with Crippen LogP contribution < -0.4 is 0 Å².